The Hall–Kier alpha value is -2.35. The molecular formula is C21H27FN8S. The van der Waals surface area contributed by atoms with Gasteiger partial charge in [-0.1, -0.05) is 6.42 Å². The van der Waals surface area contributed by atoms with Crippen molar-refractivity contribution in [2.45, 2.75) is 44.2 Å². The molecule has 2 aromatic heterocycles. The maximum Gasteiger partial charge on any atom is 0.229 e. The second-order valence-electron chi connectivity index (χ2n) is 8.87. The molecule has 3 saturated heterocycles. The molecule has 0 amide bonds. The van der Waals surface area contributed by atoms with Gasteiger partial charge in [0, 0.05) is 38.8 Å². The van der Waals surface area contributed by atoms with Crippen molar-refractivity contribution >= 4 is 28.3 Å². The average molecular weight is 443 g/mol. The number of piperidine rings is 1. The van der Waals surface area contributed by atoms with Crippen LogP contribution in [0.3, 0.4) is 0 Å². The monoisotopic (exact) mass is 442 g/mol. The minimum Gasteiger partial charge on any atom is -0.350 e. The van der Waals surface area contributed by atoms with Gasteiger partial charge in [0.15, 0.2) is 11.6 Å². The maximum atomic E-state index is 14.6. The fourth-order valence-electron chi connectivity index (χ4n) is 5.14. The van der Waals surface area contributed by atoms with Crippen molar-refractivity contribution in [3.63, 3.8) is 0 Å². The molecule has 31 heavy (non-hydrogen) atoms. The van der Waals surface area contributed by atoms with Crippen molar-refractivity contribution < 1.29 is 4.39 Å². The number of anilines is 3. The molecule has 5 heterocycles. The summed E-state index contributed by atoms with van der Waals surface area (Å²) in [5.41, 5.74) is 0.690. The number of fused-ring (bicyclic) bond motifs is 1. The second-order valence-corrected chi connectivity index (χ2v) is 9.67. The van der Waals surface area contributed by atoms with E-state index < -0.39 is 5.82 Å². The van der Waals surface area contributed by atoms with Crippen LogP contribution in [0.5, 0.6) is 0 Å². The SMILES string of the molecule is Cc1cc(Nc2ncc(F)c(N3CC(CC#N)(N4CCN5CCCC[C@H]5C4)C3)n2)sn1. The smallest absolute Gasteiger partial charge is 0.229 e. The van der Waals surface area contributed by atoms with Gasteiger partial charge in [-0.05, 0) is 43.9 Å². The molecule has 10 heteroatoms. The minimum atomic E-state index is -0.436. The van der Waals surface area contributed by atoms with Crippen LogP contribution in [0, 0.1) is 24.1 Å². The number of piperazine rings is 1. The number of hydrogen-bond donors (Lipinski definition) is 1. The van der Waals surface area contributed by atoms with Gasteiger partial charge in [-0.15, -0.1) is 0 Å². The molecule has 0 aromatic carbocycles. The summed E-state index contributed by atoms with van der Waals surface area (Å²) in [5, 5.41) is 13.5. The van der Waals surface area contributed by atoms with Gasteiger partial charge in [0.1, 0.15) is 5.00 Å². The molecule has 0 spiro atoms. The lowest BCUT2D eigenvalue weighted by atomic mass is 9.83. The van der Waals surface area contributed by atoms with Crippen molar-refractivity contribution in [1.29, 1.82) is 5.26 Å². The van der Waals surface area contributed by atoms with E-state index in [-0.39, 0.29) is 5.54 Å². The fraction of sp³-hybridized carbons (Fsp3) is 0.619. The molecule has 0 aliphatic carbocycles. The molecule has 0 saturated carbocycles. The molecule has 3 aliphatic rings. The summed E-state index contributed by atoms with van der Waals surface area (Å²) >= 11 is 1.32. The summed E-state index contributed by atoms with van der Waals surface area (Å²) in [5.74, 6) is 0.214. The van der Waals surface area contributed by atoms with Crippen LogP contribution >= 0.6 is 11.5 Å². The zero-order chi connectivity index (χ0) is 21.4. The van der Waals surface area contributed by atoms with Crippen molar-refractivity contribution in [1.82, 2.24) is 24.1 Å². The van der Waals surface area contributed by atoms with Crippen LogP contribution in [0.25, 0.3) is 0 Å². The number of aryl methyl sites for hydroxylation is 1. The summed E-state index contributed by atoms with van der Waals surface area (Å²) in [6.07, 6.45) is 5.47. The Morgan fingerprint density at radius 1 is 1.32 bits per heavy atom. The first-order valence-electron chi connectivity index (χ1n) is 10.9. The third-order valence-corrected chi connectivity index (χ3v) is 7.57. The van der Waals surface area contributed by atoms with Crippen molar-refractivity contribution in [3.8, 4) is 6.07 Å². The highest BCUT2D eigenvalue weighted by molar-refractivity contribution is 7.10. The number of nitrogens with zero attached hydrogens (tertiary/aromatic N) is 7. The zero-order valence-electron chi connectivity index (χ0n) is 17.7. The standard InChI is InChI=1S/C21H27FN8S/c1-15-10-18(31-27-15)25-20-24-11-17(22)19(26-20)29-13-21(14-29,5-6-23)30-9-8-28-7-3-2-4-16(28)12-30/h10-11,16H,2-5,7-9,12-14H2,1H3,(H,24,25,26)/t16-/m0/s1. The Labute approximate surface area is 185 Å². The molecular weight excluding hydrogens is 415 g/mol. The Bertz CT molecular complexity index is 982. The van der Waals surface area contributed by atoms with E-state index in [0.29, 0.717) is 37.3 Å². The number of nitriles is 1. The number of hydrogen-bond acceptors (Lipinski definition) is 9. The Morgan fingerprint density at radius 2 is 2.19 bits per heavy atom. The van der Waals surface area contributed by atoms with Crippen molar-refractivity contribution in [2.24, 2.45) is 0 Å². The highest BCUT2D eigenvalue weighted by Gasteiger charge is 2.50. The van der Waals surface area contributed by atoms with E-state index in [2.05, 4.69) is 35.5 Å². The highest BCUT2D eigenvalue weighted by Crippen LogP contribution is 2.37. The summed E-state index contributed by atoms with van der Waals surface area (Å²) in [6.45, 7) is 7.36. The lowest BCUT2D eigenvalue weighted by molar-refractivity contribution is -0.0251. The van der Waals surface area contributed by atoms with E-state index in [1.54, 1.807) is 0 Å². The molecule has 0 radical (unpaired) electrons. The van der Waals surface area contributed by atoms with Crippen LogP contribution in [0.2, 0.25) is 0 Å². The zero-order valence-corrected chi connectivity index (χ0v) is 18.5. The Kier molecular flexibility index (Phi) is 5.50. The third-order valence-electron chi connectivity index (χ3n) is 6.77. The third kappa shape index (κ3) is 3.97. The van der Waals surface area contributed by atoms with Crippen LogP contribution < -0.4 is 10.2 Å². The van der Waals surface area contributed by atoms with Crippen LogP contribution in [0.15, 0.2) is 12.3 Å². The number of nitrogens with one attached hydrogen (secondary N) is 1. The number of rotatable bonds is 5. The molecule has 0 bridgehead atoms. The molecule has 5 rings (SSSR count). The van der Waals surface area contributed by atoms with E-state index in [1.807, 2.05) is 17.9 Å². The van der Waals surface area contributed by atoms with E-state index in [0.717, 1.165) is 30.3 Å². The average Bonchev–Trinajstić information content (AvgIpc) is 3.16. The first kappa shape index (κ1) is 20.5. The molecule has 8 nitrogen and oxygen atoms in total. The quantitative estimate of drug-likeness (QED) is 0.757. The summed E-state index contributed by atoms with van der Waals surface area (Å²) < 4.78 is 18.8. The summed E-state index contributed by atoms with van der Waals surface area (Å²) in [7, 11) is 0. The van der Waals surface area contributed by atoms with Crippen LogP contribution in [0.1, 0.15) is 31.4 Å². The lowest BCUT2D eigenvalue weighted by Gasteiger charge is -2.58. The normalized spacial score (nSPS) is 23.6. The topological polar surface area (TPSA) is 84.2 Å². The largest absolute Gasteiger partial charge is 0.350 e. The van der Waals surface area contributed by atoms with Gasteiger partial charge in [-0.3, -0.25) is 9.80 Å². The second kappa shape index (κ2) is 8.30. The Morgan fingerprint density at radius 3 is 2.97 bits per heavy atom. The summed E-state index contributed by atoms with van der Waals surface area (Å²) in [6, 6.07) is 4.88. The van der Waals surface area contributed by atoms with Gasteiger partial charge < -0.3 is 10.2 Å². The minimum absolute atomic E-state index is 0.224. The van der Waals surface area contributed by atoms with Gasteiger partial charge >= 0.3 is 0 Å². The van der Waals surface area contributed by atoms with Gasteiger partial charge in [-0.25, -0.2) is 9.37 Å². The predicted molar refractivity (Wildman–Crippen MR) is 118 cm³/mol. The lowest BCUT2D eigenvalue weighted by Crippen LogP contribution is -2.74. The van der Waals surface area contributed by atoms with Gasteiger partial charge in [-0.2, -0.15) is 14.6 Å². The molecule has 1 atom stereocenters. The maximum absolute atomic E-state index is 14.6. The Balaban J connectivity index is 1.30. The van der Waals surface area contributed by atoms with E-state index in [1.165, 1.54) is 43.5 Å². The van der Waals surface area contributed by atoms with E-state index >= 15 is 0 Å². The highest BCUT2D eigenvalue weighted by atomic mass is 32.1. The molecule has 1 N–H and O–H groups in total. The van der Waals surface area contributed by atoms with Crippen molar-refractivity contribution in [2.75, 3.05) is 49.5 Å². The first-order valence-corrected chi connectivity index (χ1v) is 11.7. The molecule has 3 aliphatic heterocycles. The van der Waals surface area contributed by atoms with Crippen LogP contribution in [-0.4, -0.2) is 75.0 Å². The van der Waals surface area contributed by atoms with Gasteiger partial charge in [0.05, 0.1) is 29.9 Å². The van der Waals surface area contributed by atoms with Crippen LogP contribution in [0.4, 0.5) is 21.2 Å². The fourth-order valence-corrected chi connectivity index (χ4v) is 5.80. The number of aromatic nitrogens is 3. The predicted octanol–water partition coefficient (Wildman–Crippen LogP) is 2.77. The first-order chi connectivity index (χ1) is 15.1. The van der Waals surface area contributed by atoms with E-state index in [4.69, 9.17) is 0 Å². The molecule has 0 unspecified atom stereocenters. The van der Waals surface area contributed by atoms with E-state index in [9.17, 15) is 9.65 Å². The summed E-state index contributed by atoms with van der Waals surface area (Å²) in [4.78, 5) is 15.5. The van der Waals surface area contributed by atoms with Gasteiger partial charge in [0.2, 0.25) is 5.95 Å². The molecule has 3 fully saturated rings. The van der Waals surface area contributed by atoms with Crippen LogP contribution in [-0.2, 0) is 0 Å². The number of halogens is 1. The van der Waals surface area contributed by atoms with Gasteiger partial charge in [0.25, 0.3) is 0 Å². The molecule has 164 valence electrons. The molecule has 2 aromatic rings. The van der Waals surface area contributed by atoms with Crippen molar-refractivity contribution in [3.05, 3.63) is 23.8 Å².